The number of carbonyl (C=O) groups excluding carboxylic acids is 1. The Labute approximate surface area is 108 Å². The molecule has 0 spiro atoms. The van der Waals surface area contributed by atoms with E-state index < -0.39 is 0 Å². The van der Waals surface area contributed by atoms with Crippen molar-refractivity contribution in [3.8, 4) is 0 Å². The Hall–Kier alpha value is -1.35. The molecular weight excluding hydrogens is 226 g/mol. The summed E-state index contributed by atoms with van der Waals surface area (Å²) < 4.78 is 0. The van der Waals surface area contributed by atoms with Crippen molar-refractivity contribution in [1.82, 2.24) is 4.90 Å². The molecular formula is C15H21NO2. The van der Waals surface area contributed by atoms with Gasteiger partial charge in [-0.2, -0.15) is 0 Å². The van der Waals surface area contributed by atoms with Crippen LogP contribution in [-0.4, -0.2) is 29.6 Å². The van der Waals surface area contributed by atoms with Gasteiger partial charge in [0, 0.05) is 26.6 Å². The molecule has 1 aliphatic rings. The lowest BCUT2D eigenvalue weighted by Crippen LogP contribution is -2.26. The van der Waals surface area contributed by atoms with E-state index in [2.05, 4.69) is 18.2 Å². The van der Waals surface area contributed by atoms with E-state index in [0.29, 0.717) is 19.4 Å². The highest BCUT2D eigenvalue weighted by Gasteiger charge is 2.13. The Bertz CT molecular complexity index is 429. The number of fused-ring (bicyclic) bond motifs is 1. The van der Waals surface area contributed by atoms with E-state index in [9.17, 15) is 4.79 Å². The number of hydrogen-bond acceptors (Lipinski definition) is 2. The number of hydrogen-bond donors (Lipinski definition) is 1. The number of nitrogens with zero attached hydrogens (tertiary/aromatic N) is 1. The Kier molecular flexibility index (Phi) is 4.37. The van der Waals surface area contributed by atoms with Crippen LogP contribution in [0.1, 0.15) is 36.0 Å². The standard InChI is InChI=1S/C15H21NO2/c1-16(15(18)6-3-9-17)11-12-7-8-13-4-2-5-14(13)10-12/h7-8,10,17H,2-6,9,11H2,1H3. The Balaban J connectivity index is 1.94. The molecule has 0 radical (unpaired) electrons. The molecule has 0 heterocycles. The summed E-state index contributed by atoms with van der Waals surface area (Å²) in [6, 6.07) is 6.56. The first-order valence-electron chi connectivity index (χ1n) is 6.66. The third-order valence-electron chi connectivity index (χ3n) is 3.56. The molecule has 3 heteroatoms. The molecule has 0 unspecified atom stereocenters. The van der Waals surface area contributed by atoms with Crippen molar-refractivity contribution in [2.45, 2.75) is 38.6 Å². The van der Waals surface area contributed by atoms with Gasteiger partial charge in [0.1, 0.15) is 0 Å². The second kappa shape index (κ2) is 6.01. The molecule has 18 heavy (non-hydrogen) atoms. The molecule has 1 N–H and O–H groups in total. The molecule has 0 bridgehead atoms. The maximum Gasteiger partial charge on any atom is 0.222 e. The van der Waals surface area contributed by atoms with E-state index in [1.807, 2.05) is 7.05 Å². The molecule has 1 amide bonds. The van der Waals surface area contributed by atoms with Crippen molar-refractivity contribution < 1.29 is 9.90 Å². The summed E-state index contributed by atoms with van der Waals surface area (Å²) in [4.78, 5) is 13.5. The van der Waals surface area contributed by atoms with Gasteiger partial charge in [-0.1, -0.05) is 18.2 Å². The minimum atomic E-state index is 0.0818. The molecule has 3 nitrogen and oxygen atoms in total. The highest BCUT2D eigenvalue weighted by atomic mass is 16.3. The predicted molar refractivity (Wildman–Crippen MR) is 71.3 cm³/mol. The number of benzene rings is 1. The second-order valence-corrected chi connectivity index (χ2v) is 5.03. The average Bonchev–Trinajstić information content (AvgIpc) is 2.83. The lowest BCUT2D eigenvalue weighted by atomic mass is 10.1. The van der Waals surface area contributed by atoms with Crippen LogP contribution >= 0.6 is 0 Å². The van der Waals surface area contributed by atoms with Crippen LogP contribution in [0.15, 0.2) is 18.2 Å². The average molecular weight is 247 g/mol. The number of aliphatic hydroxyl groups is 1. The number of carbonyl (C=O) groups is 1. The zero-order valence-corrected chi connectivity index (χ0v) is 11.0. The smallest absolute Gasteiger partial charge is 0.222 e. The Morgan fingerprint density at radius 2 is 2.11 bits per heavy atom. The van der Waals surface area contributed by atoms with E-state index >= 15 is 0 Å². The fourth-order valence-electron chi connectivity index (χ4n) is 2.51. The maximum atomic E-state index is 11.8. The van der Waals surface area contributed by atoms with Crippen LogP contribution in [0.25, 0.3) is 0 Å². The lowest BCUT2D eigenvalue weighted by Gasteiger charge is -2.17. The summed E-state index contributed by atoms with van der Waals surface area (Å²) in [7, 11) is 1.83. The van der Waals surface area contributed by atoms with Crippen LogP contribution < -0.4 is 0 Å². The van der Waals surface area contributed by atoms with E-state index in [4.69, 9.17) is 5.11 Å². The molecule has 0 saturated carbocycles. The SMILES string of the molecule is CN(Cc1ccc2c(c1)CCC2)C(=O)CCCO. The molecule has 1 aromatic carbocycles. The van der Waals surface area contributed by atoms with Crippen LogP contribution in [0.3, 0.4) is 0 Å². The van der Waals surface area contributed by atoms with Crippen LogP contribution in [0.2, 0.25) is 0 Å². The van der Waals surface area contributed by atoms with Crippen molar-refractivity contribution >= 4 is 5.91 Å². The van der Waals surface area contributed by atoms with Gasteiger partial charge in [-0.15, -0.1) is 0 Å². The van der Waals surface area contributed by atoms with Crippen molar-refractivity contribution in [3.05, 3.63) is 34.9 Å². The minimum Gasteiger partial charge on any atom is -0.396 e. The molecule has 0 aromatic heterocycles. The number of rotatable bonds is 5. The van der Waals surface area contributed by atoms with Crippen LogP contribution in [-0.2, 0) is 24.2 Å². The van der Waals surface area contributed by atoms with Gasteiger partial charge in [0.2, 0.25) is 5.91 Å². The Morgan fingerprint density at radius 3 is 2.89 bits per heavy atom. The predicted octanol–water partition coefficient (Wildman–Crippen LogP) is 1.91. The molecule has 0 atom stereocenters. The molecule has 0 fully saturated rings. The van der Waals surface area contributed by atoms with Gasteiger partial charge in [-0.3, -0.25) is 4.79 Å². The summed E-state index contributed by atoms with van der Waals surface area (Å²) >= 11 is 0. The van der Waals surface area contributed by atoms with Crippen molar-refractivity contribution in [2.24, 2.45) is 0 Å². The molecule has 1 aromatic rings. The molecule has 98 valence electrons. The summed E-state index contributed by atoms with van der Waals surface area (Å²) in [5.74, 6) is 0.101. The van der Waals surface area contributed by atoms with E-state index in [-0.39, 0.29) is 12.5 Å². The number of aliphatic hydroxyl groups excluding tert-OH is 1. The van der Waals surface area contributed by atoms with Gasteiger partial charge in [0.25, 0.3) is 0 Å². The normalized spacial score (nSPS) is 13.4. The van der Waals surface area contributed by atoms with E-state index in [1.165, 1.54) is 36.0 Å². The topological polar surface area (TPSA) is 40.5 Å². The summed E-state index contributed by atoms with van der Waals surface area (Å²) in [5, 5.41) is 8.72. The Morgan fingerprint density at radius 1 is 1.33 bits per heavy atom. The van der Waals surface area contributed by atoms with Gasteiger partial charge in [0.15, 0.2) is 0 Å². The van der Waals surface area contributed by atoms with Crippen molar-refractivity contribution in [3.63, 3.8) is 0 Å². The first kappa shape index (κ1) is 13.1. The lowest BCUT2D eigenvalue weighted by molar-refractivity contribution is -0.130. The third-order valence-corrected chi connectivity index (χ3v) is 3.56. The second-order valence-electron chi connectivity index (χ2n) is 5.03. The summed E-state index contributed by atoms with van der Waals surface area (Å²) in [5.41, 5.74) is 4.12. The van der Waals surface area contributed by atoms with Gasteiger partial charge in [-0.05, 0) is 42.4 Å². The fourth-order valence-corrected chi connectivity index (χ4v) is 2.51. The summed E-state index contributed by atoms with van der Waals surface area (Å²) in [6.07, 6.45) is 4.60. The highest BCUT2D eigenvalue weighted by Crippen LogP contribution is 2.23. The molecule has 0 saturated heterocycles. The van der Waals surface area contributed by atoms with Crippen molar-refractivity contribution in [1.29, 1.82) is 0 Å². The van der Waals surface area contributed by atoms with Gasteiger partial charge >= 0.3 is 0 Å². The third kappa shape index (κ3) is 3.10. The first-order chi connectivity index (χ1) is 8.70. The largest absolute Gasteiger partial charge is 0.396 e. The fraction of sp³-hybridized carbons (Fsp3) is 0.533. The van der Waals surface area contributed by atoms with Gasteiger partial charge in [0.05, 0.1) is 0 Å². The molecule has 2 rings (SSSR count). The zero-order chi connectivity index (χ0) is 13.0. The van der Waals surface area contributed by atoms with Gasteiger partial charge in [-0.25, -0.2) is 0 Å². The maximum absolute atomic E-state index is 11.8. The quantitative estimate of drug-likeness (QED) is 0.863. The molecule has 1 aliphatic carbocycles. The zero-order valence-electron chi connectivity index (χ0n) is 11.0. The minimum absolute atomic E-state index is 0.0818. The monoisotopic (exact) mass is 247 g/mol. The van der Waals surface area contributed by atoms with Crippen molar-refractivity contribution in [2.75, 3.05) is 13.7 Å². The number of amides is 1. The van der Waals surface area contributed by atoms with Crippen LogP contribution in [0.5, 0.6) is 0 Å². The summed E-state index contributed by atoms with van der Waals surface area (Å²) in [6.45, 7) is 0.746. The van der Waals surface area contributed by atoms with Crippen LogP contribution in [0.4, 0.5) is 0 Å². The first-order valence-corrected chi connectivity index (χ1v) is 6.66. The highest BCUT2D eigenvalue weighted by molar-refractivity contribution is 5.75. The van der Waals surface area contributed by atoms with E-state index in [0.717, 1.165) is 0 Å². The van der Waals surface area contributed by atoms with E-state index in [1.54, 1.807) is 4.90 Å². The number of aryl methyl sites for hydroxylation is 2. The van der Waals surface area contributed by atoms with Gasteiger partial charge < -0.3 is 10.0 Å². The van der Waals surface area contributed by atoms with Crippen LogP contribution in [0, 0.1) is 0 Å². The molecule has 0 aliphatic heterocycles.